The van der Waals surface area contributed by atoms with Crippen molar-refractivity contribution in [1.29, 1.82) is 5.26 Å². The van der Waals surface area contributed by atoms with E-state index in [4.69, 9.17) is 5.10 Å². The molecule has 2 aromatic carbocycles. The Morgan fingerprint density at radius 3 is 2.55 bits per heavy atom. The summed E-state index contributed by atoms with van der Waals surface area (Å²) in [6.07, 6.45) is 7.27. The minimum Gasteiger partial charge on any atom is -0.327 e. The Labute approximate surface area is 179 Å². The molecule has 5 rings (SSSR count). The molecule has 31 heavy (non-hydrogen) atoms. The number of rotatable bonds is 4. The molecule has 6 nitrogen and oxygen atoms in total. The van der Waals surface area contributed by atoms with E-state index in [0.717, 1.165) is 33.5 Å². The first-order valence-corrected chi connectivity index (χ1v) is 9.84. The molecule has 0 aliphatic heterocycles. The standard InChI is InChI=1S/C25H18N6/c1-30-23-12-6-5-11-22(23)28-25(30)19(15-26)14-20-17-31(21-9-3-2-4-10-21)29-24(20)18-8-7-13-27-16-18/h2-14,16-17H,1H3/b19-14+. The number of allylic oxidation sites excluding steroid dienone is 1. The molecule has 3 heterocycles. The highest BCUT2D eigenvalue weighted by atomic mass is 15.3. The van der Waals surface area contributed by atoms with E-state index in [1.165, 1.54) is 0 Å². The largest absolute Gasteiger partial charge is 0.327 e. The van der Waals surface area contributed by atoms with Crippen LogP contribution in [0.3, 0.4) is 0 Å². The van der Waals surface area contributed by atoms with Crippen LogP contribution in [-0.2, 0) is 7.05 Å². The lowest BCUT2D eigenvalue weighted by Crippen LogP contribution is -1.96. The van der Waals surface area contributed by atoms with Crippen molar-refractivity contribution in [1.82, 2.24) is 24.3 Å². The first-order valence-electron chi connectivity index (χ1n) is 9.84. The summed E-state index contributed by atoms with van der Waals surface area (Å²) in [7, 11) is 1.92. The normalized spacial score (nSPS) is 11.5. The van der Waals surface area contributed by atoms with Gasteiger partial charge < -0.3 is 4.57 Å². The fourth-order valence-corrected chi connectivity index (χ4v) is 3.62. The summed E-state index contributed by atoms with van der Waals surface area (Å²) in [6, 6.07) is 23.9. The Hall–Kier alpha value is -4.50. The number of fused-ring (bicyclic) bond motifs is 1. The van der Waals surface area contributed by atoms with Crippen molar-refractivity contribution in [2.45, 2.75) is 0 Å². The van der Waals surface area contributed by atoms with Crippen LogP contribution in [0.2, 0.25) is 0 Å². The Morgan fingerprint density at radius 1 is 1.00 bits per heavy atom. The van der Waals surface area contributed by atoms with Gasteiger partial charge in [-0.3, -0.25) is 4.98 Å². The van der Waals surface area contributed by atoms with Gasteiger partial charge in [-0.25, -0.2) is 9.67 Å². The summed E-state index contributed by atoms with van der Waals surface area (Å²) in [4.78, 5) is 8.91. The molecule has 0 saturated carbocycles. The molecule has 0 aliphatic rings. The van der Waals surface area contributed by atoms with Crippen molar-refractivity contribution >= 4 is 22.7 Å². The number of nitriles is 1. The molecule has 0 atom stereocenters. The molecule has 0 spiro atoms. The maximum atomic E-state index is 9.96. The minimum atomic E-state index is 0.469. The Balaban J connectivity index is 1.69. The quantitative estimate of drug-likeness (QED) is 0.402. The summed E-state index contributed by atoms with van der Waals surface area (Å²) in [5.74, 6) is 0.619. The zero-order valence-corrected chi connectivity index (χ0v) is 16.8. The van der Waals surface area contributed by atoms with Crippen LogP contribution in [0.1, 0.15) is 11.4 Å². The van der Waals surface area contributed by atoms with Crippen LogP contribution in [-0.4, -0.2) is 24.3 Å². The van der Waals surface area contributed by atoms with Crippen LogP contribution in [0.5, 0.6) is 0 Å². The number of benzene rings is 2. The second-order valence-electron chi connectivity index (χ2n) is 7.11. The topological polar surface area (TPSA) is 72.3 Å². The van der Waals surface area contributed by atoms with Gasteiger partial charge in [0.2, 0.25) is 0 Å². The number of hydrogen-bond donors (Lipinski definition) is 0. The summed E-state index contributed by atoms with van der Waals surface area (Å²) in [5.41, 5.74) is 5.69. The van der Waals surface area contributed by atoms with Crippen LogP contribution in [0.15, 0.2) is 85.3 Å². The van der Waals surface area contributed by atoms with E-state index in [1.54, 1.807) is 12.4 Å². The number of aryl methyl sites for hydroxylation is 1. The third-order valence-corrected chi connectivity index (χ3v) is 5.15. The van der Waals surface area contributed by atoms with E-state index in [9.17, 15) is 5.26 Å². The lowest BCUT2D eigenvalue weighted by atomic mass is 10.1. The molecule has 0 unspecified atom stereocenters. The van der Waals surface area contributed by atoms with E-state index in [1.807, 2.05) is 95.3 Å². The Bertz CT molecular complexity index is 1440. The molecule has 0 fully saturated rings. The van der Waals surface area contributed by atoms with Crippen molar-refractivity contribution in [3.05, 3.63) is 96.7 Å². The predicted octanol–water partition coefficient (Wildman–Crippen LogP) is 4.89. The first kappa shape index (κ1) is 18.5. The molecule has 0 bridgehead atoms. The number of aromatic nitrogens is 5. The molecule has 6 heteroatoms. The van der Waals surface area contributed by atoms with Gasteiger partial charge in [0.05, 0.1) is 22.3 Å². The molecular weight excluding hydrogens is 384 g/mol. The second kappa shape index (κ2) is 7.73. The highest BCUT2D eigenvalue weighted by Gasteiger charge is 2.16. The summed E-state index contributed by atoms with van der Waals surface area (Å²) < 4.78 is 3.76. The van der Waals surface area contributed by atoms with E-state index >= 15 is 0 Å². The van der Waals surface area contributed by atoms with E-state index in [0.29, 0.717) is 11.4 Å². The molecular formula is C25H18N6. The summed E-state index contributed by atoms with van der Waals surface area (Å²) in [5, 5.41) is 14.8. The van der Waals surface area contributed by atoms with E-state index in [-0.39, 0.29) is 0 Å². The van der Waals surface area contributed by atoms with Crippen molar-refractivity contribution in [3.63, 3.8) is 0 Å². The van der Waals surface area contributed by atoms with Gasteiger partial charge in [0.25, 0.3) is 0 Å². The molecule has 0 N–H and O–H groups in total. The molecule has 0 saturated heterocycles. The van der Waals surface area contributed by atoms with Gasteiger partial charge in [-0.1, -0.05) is 30.3 Å². The van der Waals surface area contributed by atoms with Gasteiger partial charge >= 0.3 is 0 Å². The Kier molecular flexibility index (Phi) is 4.62. The summed E-state index contributed by atoms with van der Waals surface area (Å²) in [6.45, 7) is 0. The fraction of sp³-hybridized carbons (Fsp3) is 0.0400. The van der Waals surface area contributed by atoms with Gasteiger partial charge in [0, 0.05) is 36.8 Å². The zero-order valence-electron chi connectivity index (χ0n) is 16.8. The fourth-order valence-electron chi connectivity index (χ4n) is 3.62. The van der Waals surface area contributed by atoms with Gasteiger partial charge in [-0.15, -0.1) is 0 Å². The van der Waals surface area contributed by atoms with Crippen molar-refractivity contribution in [3.8, 4) is 23.0 Å². The monoisotopic (exact) mass is 402 g/mol. The first-order chi connectivity index (χ1) is 15.2. The highest BCUT2D eigenvalue weighted by molar-refractivity contribution is 5.93. The number of para-hydroxylation sites is 3. The van der Waals surface area contributed by atoms with Crippen LogP contribution in [0.4, 0.5) is 0 Å². The van der Waals surface area contributed by atoms with Crippen LogP contribution >= 0.6 is 0 Å². The van der Waals surface area contributed by atoms with Crippen molar-refractivity contribution in [2.75, 3.05) is 0 Å². The average molecular weight is 402 g/mol. The zero-order chi connectivity index (χ0) is 21.2. The third-order valence-electron chi connectivity index (χ3n) is 5.15. The smallest absolute Gasteiger partial charge is 0.151 e. The van der Waals surface area contributed by atoms with Gasteiger partial charge in [0.15, 0.2) is 5.82 Å². The molecule has 0 aliphatic carbocycles. The number of imidazole rings is 1. The van der Waals surface area contributed by atoms with Gasteiger partial charge in [-0.05, 0) is 42.5 Å². The number of hydrogen-bond acceptors (Lipinski definition) is 4. The third kappa shape index (κ3) is 3.38. The highest BCUT2D eigenvalue weighted by Crippen LogP contribution is 2.28. The van der Waals surface area contributed by atoms with Crippen LogP contribution < -0.4 is 0 Å². The number of nitrogens with zero attached hydrogens (tertiary/aromatic N) is 6. The van der Waals surface area contributed by atoms with Gasteiger partial charge in [-0.2, -0.15) is 10.4 Å². The lowest BCUT2D eigenvalue weighted by molar-refractivity contribution is 0.884. The van der Waals surface area contributed by atoms with Crippen LogP contribution in [0, 0.1) is 11.3 Å². The van der Waals surface area contributed by atoms with E-state index in [2.05, 4.69) is 16.0 Å². The predicted molar refractivity (Wildman–Crippen MR) is 121 cm³/mol. The SMILES string of the molecule is Cn1c(/C(C#N)=C/c2cn(-c3ccccc3)nc2-c2cccnc2)nc2ccccc21. The minimum absolute atomic E-state index is 0.469. The molecule has 5 aromatic rings. The molecule has 3 aromatic heterocycles. The molecule has 0 amide bonds. The van der Waals surface area contributed by atoms with E-state index < -0.39 is 0 Å². The van der Waals surface area contributed by atoms with Crippen molar-refractivity contribution < 1.29 is 0 Å². The van der Waals surface area contributed by atoms with Crippen LogP contribution in [0.25, 0.3) is 39.6 Å². The van der Waals surface area contributed by atoms with Gasteiger partial charge in [0.1, 0.15) is 11.8 Å². The second-order valence-corrected chi connectivity index (χ2v) is 7.11. The maximum absolute atomic E-state index is 9.96. The Morgan fingerprint density at radius 2 is 1.81 bits per heavy atom. The van der Waals surface area contributed by atoms with Crippen molar-refractivity contribution in [2.24, 2.45) is 7.05 Å². The summed E-state index contributed by atoms with van der Waals surface area (Å²) >= 11 is 0. The molecule has 0 radical (unpaired) electrons. The number of pyridine rings is 1. The average Bonchev–Trinajstić information content (AvgIpc) is 3.40. The molecule has 148 valence electrons. The lowest BCUT2D eigenvalue weighted by Gasteiger charge is -2.02. The maximum Gasteiger partial charge on any atom is 0.151 e.